The van der Waals surface area contributed by atoms with Gasteiger partial charge in [-0.1, -0.05) is 0 Å². The van der Waals surface area contributed by atoms with E-state index >= 15 is 0 Å². The Morgan fingerprint density at radius 2 is 2.06 bits per heavy atom. The van der Waals surface area contributed by atoms with Crippen LogP contribution in [0.1, 0.15) is 30.6 Å². The van der Waals surface area contributed by atoms with Gasteiger partial charge in [0.15, 0.2) is 0 Å². The Balaban J connectivity index is 1.49. The number of aromatic nitrogens is 4. The molecule has 2 fully saturated rings. The second-order valence-corrected chi connectivity index (χ2v) is 7.78. The van der Waals surface area contributed by atoms with E-state index in [1.807, 2.05) is 0 Å². The Kier molecular flexibility index (Phi) is 6.02. The van der Waals surface area contributed by atoms with Crippen LogP contribution in [0.2, 0.25) is 0 Å². The number of piperidine rings is 1. The Labute approximate surface area is 177 Å². The lowest BCUT2D eigenvalue weighted by Crippen LogP contribution is -2.55. The normalized spacial score (nSPS) is 22.9. The van der Waals surface area contributed by atoms with E-state index in [2.05, 4.69) is 30.6 Å². The number of alkyl halides is 4. The van der Waals surface area contributed by atoms with Gasteiger partial charge < -0.3 is 15.4 Å². The molecule has 0 saturated carbocycles. The van der Waals surface area contributed by atoms with E-state index in [1.54, 1.807) is 24.7 Å². The van der Waals surface area contributed by atoms with Gasteiger partial charge in [0.05, 0.1) is 36.7 Å². The number of likely N-dealkylation sites (tertiary alicyclic amines) is 1. The van der Waals surface area contributed by atoms with Crippen LogP contribution in [0.3, 0.4) is 0 Å². The second-order valence-electron chi connectivity index (χ2n) is 7.78. The Bertz CT molecular complexity index is 915. The molecule has 8 nitrogen and oxygen atoms in total. The predicted molar refractivity (Wildman–Crippen MR) is 106 cm³/mol. The van der Waals surface area contributed by atoms with Crippen molar-refractivity contribution in [3.63, 3.8) is 0 Å². The minimum absolute atomic E-state index is 0.00296. The monoisotopic (exact) mass is 443 g/mol. The van der Waals surface area contributed by atoms with Crippen molar-refractivity contribution < 1.29 is 22.3 Å². The number of halogens is 4. The summed E-state index contributed by atoms with van der Waals surface area (Å²) in [5.41, 5.74) is 0.163. The van der Waals surface area contributed by atoms with Crippen molar-refractivity contribution >= 4 is 17.5 Å². The summed E-state index contributed by atoms with van der Waals surface area (Å²) in [5, 5.41) is 9.94. The Morgan fingerprint density at radius 1 is 1.29 bits per heavy atom. The molecule has 2 atom stereocenters. The lowest BCUT2D eigenvalue weighted by molar-refractivity contribution is -0.137. The van der Waals surface area contributed by atoms with Crippen molar-refractivity contribution in [1.82, 2.24) is 24.6 Å². The zero-order chi connectivity index (χ0) is 22.2. The van der Waals surface area contributed by atoms with Gasteiger partial charge in [0.2, 0.25) is 5.95 Å². The average Bonchev–Trinajstić information content (AvgIpc) is 3.00. The molecule has 2 N–H and O–H groups in total. The lowest BCUT2D eigenvalue weighted by Gasteiger charge is -2.42. The van der Waals surface area contributed by atoms with Crippen molar-refractivity contribution in [3.8, 4) is 0 Å². The first-order chi connectivity index (χ1) is 14.8. The van der Waals surface area contributed by atoms with Gasteiger partial charge in [-0.25, -0.2) is 9.37 Å². The minimum Gasteiger partial charge on any atom is -0.378 e. The first-order valence-electron chi connectivity index (χ1n) is 10.2. The molecule has 0 bridgehead atoms. The molecule has 0 aliphatic carbocycles. The van der Waals surface area contributed by atoms with E-state index in [0.29, 0.717) is 43.6 Å². The molecule has 2 saturated heterocycles. The quantitative estimate of drug-likeness (QED) is 0.664. The van der Waals surface area contributed by atoms with E-state index in [9.17, 15) is 17.6 Å². The molecule has 2 unspecified atom stereocenters. The SMILES string of the molecule is CCNc1nc(Nc2cn(C3CCN(C4COC4)CC3F)nc2C)ncc1C(F)(F)F. The summed E-state index contributed by atoms with van der Waals surface area (Å²) in [6, 6.07) is -0.115. The third-order valence-corrected chi connectivity index (χ3v) is 5.62. The summed E-state index contributed by atoms with van der Waals surface area (Å²) in [6.07, 6.45) is -2.63. The molecule has 2 aromatic rings. The molecule has 0 radical (unpaired) electrons. The van der Waals surface area contributed by atoms with Crippen molar-refractivity contribution in [3.05, 3.63) is 23.7 Å². The smallest absolute Gasteiger partial charge is 0.378 e. The number of ether oxygens (including phenoxy) is 1. The van der Waals surface area contributed by atoms with Crippen molar-refractivity contribution in [1.29, 1.82) is 0 Å². The highest BCUT2D eigenvalue weighted by atomic mass is 19.4. The van der Waals surface area contributed by atoms with E-state index < -0.39 is 24.0 Å². The van der Waals surface area contributed by atoms with E-state index in [-0.39, 0.29) is 18.3 Å². The Morgan fingerprint density at radius 3 is 2.68 bits per heavy atom. The number of hydrogen-bond donors (Lipinski definition) is 2. The van der Waals surface area contributed by atoms with Crippen LogP contribution in [0.15, 0.2) is 12.4 Å². The van der Waals surface area contributed by atoms with Crippen molar-refractivity contribution in [2.45, 2.75) is 44.7 Å². The minimum atomic E-state index is -4.56. The van der Waals surface area contributed by atoms with Gasteiger partial charge in [-0.05, 0) is 20.3 Å². The van der Waals surface area contributed by atoms with Crippen LogP contribution in [0, 0.1) is 6.92 Å². The van der Waals surface area contributed by atoms with Crippen LogP contribution < -0.4 is 10.6 Å². The van der Waals surface area contributed by atoms with Gasteiger partial charge in [0, 0.05) is 32.0 Å². The largest absolute Gasteiger partial charge is 0.421 e. The highest BCUT2D eigenvalue weighted by molar-refractivity contribution is 5.58. The summed E-state index contributed by atoms with van der Waals surface area (Å²) in [5.74, 6) is -0.295. The second kappa shape index (κ2) is 8.58. The lowest BCUT2D eigenvalue weighted by atomic mass is 10.0. The molecule has 0 spiro atoms. The third kappa shape index (κ3) is 4.59. The number of nitrogens with zero attached hydrogens (tertiary/aromatic N) is 5. The fraction of sp³-hybridized carbons (Fsp3) is 0.632. The highest BCUT2D eigenvalue weighted by Crippen LogP contribution is 2.34. The maximum absolute atomic E-state index is 14.9. The van der Waals surface area contributed by atoms with E-state index in [4.69, 9.17) is 4.74 Å². The summed E-state index contributed by atoms with van der Waals surface area (Å²) in [6.45, 7) is 6.08. The van der Waals surface area contributed by atoms with Crippen molar-refractivity contribution in [2.75, 3.05) is 43.5 Å². The van der Waals surface area contributed by atoms with Gasteiger partial charge >= 0.3 is 6.18 Å². The first-order valence-corrected chi connectivity index (χ1v) is 10.2. The average molecular weight is 443 g/mol. The molecule has 2 aromatic heterocycles. The molecule has 170 valence electrons. The number of rotatable bonds is 6. The van der Waals surface area contributed by atoms with Crippen LogP contribution in [-0.4, -0.2) is 69.7 Å². The zero-order valence-electron chi connectivity index (χ0n) is 17.3. The molecule has 0 aromatic carbocycles. The summed E-state index contributed by atoms with van der Waals surface area (Å²) < 4.78 is 61.1. The standard InChI is InChI=1S/C19H25F4N7O/c1-3-24-17-13(19(21,22)23)6-25-18(27-17)26-15-8-30(28-11(15)2)16-4-5-29(7-14(16)20)12-9-31-10-12/h6,8,12,14,16H,3-5,7,9-10H2,1-2H3,(H2,24,25,26,27). The number of anilines is 3. The number of nitrogens with one attached hydrogen (secondary N) is 2. The first kappa shape index (κ1) is 21.8. The molecule has 4 heterocycles. The molecular formula is C19H25F4N7O. The molecule has 31 heavy (non-hydrogen) atoms. The van der Waals surface area contributed by atoms with Crippen LogP contribution in [-0.2, 0) is 10.9 Å². The third-order valence-electron chi connectivity index (χ3n) is 5.62. The van der Waals surface area contributed by atoms with Gasteiger partial charge in [-0.15, -0.1) is 0 Å². The molecular weight excluding hydrogens is 418 g/mol. The molecule has 2 aliphatic heterocycles. The van der Waals surface area contributed by atoms with Gasteiger partial charge in [0.1, 0.15) is 17.6 Å². The fourth-order valence-electron chi connectivity index (χ4n) is 3.83. The summed E-state index contributed by atoms with van der Waals surface area (Å²) in [4.78, 5) is 9.87. The van der Waals surface area contributed by atoms with Crippen LogP contribution in [0.4, 0.5) is 35.0 Å². The summed E-state index contributed by atoms with van der Waals surface area (Å²) in [7, 11) is 0. The summed E-state index contributed by atoms with van der Waals surface area (Å²) >= 11 is 0. The molecule has 2 aliphatic rings. The van der Waals surface area contributed by atoms with E-state index in [0.717, 1.165) is 12.7 Å². The van der Waals surface area contributed by atoms with Crippen LogP contribution >= 0.6 is 0 Å². The molecule has 4 rings (SSSR count). The number of aryl methyl sites for hydroxylation is 1. The predicted octanol–water partition coefficient (Wildman–Crippen LogP) is 3.16. The number of hydrogen-bond acceptors (Lipinski definition) is 7. The van der Waals surface area contributed by atoms with Crippen LogP contribution in [0.25, 0.3) is 0 Å². The topological polar surface area (TPSA) is 80.1 Å². The van der Waals surface area contributed by atoms with Gasteiger partial charge in [-0.3, -0.25) is 9.58 Å². The maximum Gasteiger partial charge on any atom is 0.421 e. The van der Waals surface area contributed by atoms with Gasteiger partial charge in [0.25, 0.3) is 0 Å². The van der Waals surface area contributed by atoms with Gasteiger partial charge in [-0.2, -0.15) is 23.3 Å². The van der Waals surface area contributed by atoms with E-state index in [1.165, 1.54) is 0 Å². The maximum atomic E-state index is 14.9. The highest BCUT2D eigenvalue weighted by Gasteiger charge is 2.37. The Hall–Kier alpha value is -2.47. The fourth-order valence-corrected chi connectivity index (χ4v) is 3.83. The zero-order valence-corrected chi connectivity index (χ0v) is 17.3. The van der Waals surface area contributed by atoms with Crippen molar-refractivity contribution in [2.24, 2.45) is 0 Å². The van der Waals surface area contributed by atoms with Crippen LogP contribution in [0.5, 0.6) is 0 Å². The molecule has 12 heteroatoms. The molecule has 0 amide bonds.